The average Bonchev–Trinajstić information content (AvgIpc) is 2.96. The van der Waals surface area contributed by atoms with Crippen molar-refractivity contribution >= 4 is 23.2 Å². The highest BCUT2D eigenvalue weighted by Gasteiger charge is 2.16. The molecule has 0 saturated carbocycles. The third-order valence-corrected chi connectivity index (χ3v) is 3.67. The number of rotatable bonds is 4. The van der Waals surface area contributed by atoms with E-state index in [9.17, 15) is 4.79 Å². The van der Waals surface area contributed by atoms with E-state index in [0.717, 1.165) is 11.3 Å². The average molecular weight is 329 g/mol. The zero-order chi connectivity index (χ0) is 16.4. The summed E-state index contributed by atoms with van der Waals surface area (Å²) in [6.07, 6.45) is 3.22. The molecule has 3 rings (SSSR count). The molecule has 0 atom stereocenters. The highest BCUT2D eigenvalue weighted by atomic mass is 35.5. The van der Waals surface area contributed by atoms with E-state index in [1.165, 1.54) is 0 Å². The molecule has 23 heavy (non-hydrogen) atoms. The topological polar surface area (TPSA) is 59.3 Å². The van der Waals surface area contributed by atoms with Gasteiger partial charge in [-0.25, -0.2) is 9.50 Å². The van der Waals surface area contributed by atoms with Crippen molar-refractivity contribution in [3.63, 3.8) is 0 Å². The molecule has 3 aromatic rings. The van der Waals surface area contributed by atoms with E-state index in [2.05, 4.69) is 15.4 Å². The maximum atomic E-state index is 12.3. The van der Waals surface area contributed by atoms with Gasteiger partial charge < -0.3 is 5.32 Å². The quantitative estimate of drug-likeness (QED) is 0.798. The Bertz CT molecular complexity index is 857. The van der Waals surface area contributed by atoms with Crippen LogP contribution in [0.25, 0.3) is 16.9 Å². The van der Waals surface area contributed by atoms with Crippen molar-refractivity contribution < 1.29 is 4.79 Å². The molecular formula is C17H17ClN4O. The number of carbonyl (C=O) groups is 1. The largest absolute Gasteiger partial charge is 0.352 e. The number of nitrogens with zero attached hydrogens (tertiary/aromatic N) is 3. The van der Waals surface area contributed by atoms with E-state index < -0.39 is 0 Å². The predicted octanol–water partition coefficient (Wildman–Crippen LogP) is 3.44. The number of hydrogen-bond donors (Lipinski definition) is 1. The van der Waals surface area contributed by atoms with Gasteiger partial charge in [0, 0.05) is 23.3 Å². The summed E-state index contributed by atoms with van der Waals surface area (Å²) in [6, 6.07) is 9.35. The van der Waals surface area contributed by atoms with Crippen molar-refractivity contribution in [2.45, 2.75) is 13.8 Å². The molecule has 1 amide bonds. The van der Waals surface area contributed by atoms with Gasteiger partial charge in [-0.2, -0.15) is 5.10 Å². The normalized spacial score (nSPS) is 11.1. The molecule has 2 aromatic heterocycles. The molecule has 0 unspecified atom stereocenters. The van der Waals surface area contributed by atoms with E-state index in [1.54, 1.807) is 16.9 Å². The van der Waals surface area contributed by atoms with Gasteiger partial charge in [-0.3, -0.25) is 4.79 Å². The molecule has 2 heterocycles. The van der Waals surface area contributed by atoms with Gasteiger partial charge in [-0.05, 0) is 24.1 Å². The lowest BCUT2D eigenvalue weighted by Crippen LogP contribution is -2.27. The monoisotopic (exact) mass is 328 g/mol. The summed E-state index contributed by atoms with van der Waals surface area (Å²) >= 11 is 6.06. The first-order valence-corrected chi connectivity index (χ1v) is 7.81. The van der Waals surface area contributed by atoms with Gasteiger partial charge in [0.1, 0.15) is 5.56 Å². The van der Waals surface area contributed by atoms with Gasteiger partial charge in [-0.1, -0.05) is 37.6 Å². The van der Waals surface area contributed by atoms with Crippen LogP contribution in [0.15, 0.2) is 42.7 Å². The maximum Gasteiger partial charge on any atom is 0.256 e. The van der Waals surface area contributed by atoms with Crippen LogP contribution in [-0.4, -0.2) is 27.0 Å². The summed E-state index contributed by atoms with van der Waals surface area (Å²) in [5, 5.41) is 7.86. The zero-order valence-corrected chi connectivity index (χ0v) is 13.7. The van der Waals surface area contributed by atoms with Crippen LogP contribution in [0, 0.1) is 5.92 Å². The van der Waals surface area contributed by atoms with E-state index in [1.807, 2.05) is 44.2 Å². The first kappa shape index (κ1) is 15.5. The van der Waals surface area contributed by atoms with E-state index in [-0.39, 0.29) is 5.91 Å². The second-order valence-electron chi connectivity index (χ2n) is 5.74. The minimum absolute atomic E-state index is 0.163. The second kappa shape index (κ2) is 6.38. The van der Waals surface area contributed by atoms with Gasteiger partial charge >= 0.3 is 0 Å². The number of amides is 1. The highest BCUT2D eigenvalue weighted by Crippen LogP contribution is 2.23. The summed E-state index contributed by atoms with van der Waals surface area (Å²) in [5.74, 6) is 0.222. The number of nitrogens with one attached hydrogen (secondary N) is 1. The highest BCUT2D eigenvalue weighted by molar-refractivity contribution is 6.30. The third kappa shape index (κ3) is 3.19. The van der Waals surface area contributed by atoms with Crippen molar-refractivity contribution in [3.8, 4) is 11.3 Å². The molecule has 0 aliphatic heterocycles. The molecule has 1 N–H and O–H groups in total. The number of benzene rings is 1. The Morgan fingerprint density at radius 2 is 2.17 bits per heavy atom. The smallest absolute Gasteiger partial charge is 0.256 e. The van der Waals surface area contributed by atoms with Crippen molar-refractivity contribution in [2.75, 3.05) is 6.54 Å². The first-order chi connectivity index (χ1) is 11.1. The summed E-state index contributed by atoms with van der Waals surface area (Å²) in [4.78, 5) is 16.6. The minimum Gasteiger partial charge on any atom is -0.352 e. The van der Waals surface area contributed by atoms with Crippen LogP contribution in [0.1, 0.15) is 24.2 Å². The van der Waals surface area contributed by atoms with E-state index in [0.29, 0.717) is 28.7 Å². The fraction of sp³-hybridized carbons (Fsp3) is 0.235. The van der Waals surface area contributed by atoms with Crippen molar-refractivity contribution in [1.29, 1.82) is 0 Å². The third-order valence-electron chi connectivity index (χ3n) is 3.44. The Labute approximate surface area is 139 Å². The Balaban J connectivity index is 2.02. The van der Waals surface area contributed by atoms with E-state index in [4.69, 9.17) is 11.6 Å². The van der Waals surface area contributed by atoms with Crippen LogP contribution in [0.3, 0.4) is 0 Å². The summed E-state index contributed by atoms with van der Waals surface area (Å²) in [7, 11) is 0. The molecule has 0 saturated heterocycles. The first-order valence-electron chi connectivity index (χ1n) is 7.43. The fourth-order valence-corrected chi connectivity index (χ4v) is 2.50. The van der Waals surface area contributed by atoms with Crippen LogP contribution >= 0.6 is 11.6 Å². The lowest BCUT2D eigenvalue weighted by Gasteiger charge is -2.07. The lowest BCUT2D eigenvalue weighted by atomic mass is 10.1. The van der Waals surface area contributed by atoms with Gasteiger partial charge in [0.05, 0.1) is 11.9 Å². The molecule has 0 aliphatic rings. The Morgan fingerprint density at radius 1 is 1.35 bits per heavy atom. The lowest BCUT2D eigenvalue weighted by molar-refractivity contribution is 0.0950. The SMILES string of the molecule is CC(C)CNC(=O)c1cnn2c(-c3cccc(Cl)c3)ccnc12. The molecule has 1 aromatic carbocycles. The van der Waals surface area contributed by atoms with Crippen LogP contribution in [0.2, 0.25) is 5.02 Å². The molecule has 118 valence electrons. The number of hydrogen-bond acceptors (Lipinski definition) is 3. The van der Waals surface area contributed by atoms with E-state index >= 15 is 0 Å². The summed E-state index contributed by atoms with van der Waals surface area (Å²) in [5.41, 5.74) is 2.75. The molecule has 6 heteroatoms. The number of fused-ring (bicyclic) bond motifs is 1. The van der Waals surface area contributed by atoms with Gasteiger partial charge in [0.15, 0.2) is 5.65 Å². The number of halogens is 1. The zero-order valence-electron chi connectivity index (χ0n) is 13.0. The Hall–Kier alpha value is -2.40. The molecular weight excluding hydrogens is 312 g/mol. The summed E-state index contributed by atoms with van der Waals surface area (Å²) < 4.78 is 1.66. The molecule has 0 bridgehead atoms. The van der Waals surface area contributed by atoms with Crippen LogP contribution in [0.4, 0.5) is 0 Å². The van der Waals surface area contributed by atoms with Gasteiger partial charge in [-0.15, -0.1) is 0 Å². The van der Waals surface area contributed by atoms with Crippen molar-refractivity contribution in [3.05, 3.63) is 53.3 Å². The second-order valence-corrected chi connectivity index (χ2v) is 6.17. The number of carbonyl (C=O) groups excluding carboxylic acids is 1. The van der Waals surface area contributed by atoms with Crippen LogP contribution in [0.5, 0.6) is 0 Å². The molecule has 0 radical (unpaired) electrons. The minimum atomic E-state index is -0.163. The fourth-order valence-electron chi connectivity index (χ4n) is 2.31. The van der Waals surface area contributed by atoms with Crippen molar-refractivity contribution in [2.24, 2.45) is 5.92 Å². The predicted molar refractivity (Wildman–Crippen MR) is 90.6 cm³/mol. The van der Waals surface area contributed by atoms with Crippen LogP contribution in [-0.2, 0) is 0 Å². The standard InChI is InChI=1S/C17H17ClN4O/c1-11(2)9-20-17(23)14-10-21-22-15(6-7-19-16(14)22)12-4-3-5-13(18)8-12/h3-8,10-11H,9H2,1-2H3,(H,20,23). The molecule has 0 aliphatic carbocycles. The van der Waals surface area contributed by atoms with Gasteiger partial charge in [0.25, 0.3) is 5.91 Å². The molecule has 0 spiro atoms. The Kier molecular flexibility index (Phi) is 4.30. The Morgan fingerprint density at radius 3 is 2.91 bits per heavy atom. The van der Waals surface area contributed by atoms with Gasteiger partial charge in [0.2, 0.25) is 0 Å². The molecule has 0 fully saturated rings. The van der Waals surface area contributed by atoms with Crippen molar-refractivity contribution in [1.82, 2.24) is 19.9 Å². The number of aromatic nitrogens is 3. The maximum absolute atomic E-state index is 12.3. The van der Waals surface area contributed by atoms with Crippen LogP contribution < -0.4 is 5.32 Å². The summed E-state index contributed by atoms with van der Waals surface area (Å²) in [6.45, 7) is 4.71. The molecule has 5 nitrogen and oxygen atoms in total.